The zero-order valence-electron chi connectivity index (χ0n) is 14.0. The minimum absolute atomic E-state index is 0.163. The Bertz CT molecular complexity index is 1070. The molecule has 0 aliphatic carbocycles. The number of azo groups is 1. The smallest absolute Gasteiger partial charge is 0.269 e. The Labute approximate surface area is 154 Å². The molecule has 0 saturated carbocycles. The molecule has 0 saturated heterocycles. The monoisotopic (exact) mass is 383 g/mol. The molecule has 136 valence electrons. The van der Waals surface area contributed by atoms with Gasteiger partial charge in [0.15, 0.2) is 6.04 Å². The van der Waals surface area contributed by atoms with E-state index in [0.717, 1.165) is 0 Å². The summed E-state index contributed by atoms with van der Waals surface area (Å²) in [5, 5.41) is 13.5. The van der Waals surface area contributed by atoms with E-state index in [9.17, 15) is 13.2 Å². The topological polar surface area (TPSA) is 140 Å². The van der Waals surface area contributed by atoms with Crippen LogP contribution in [0.2, 0.25) is 0 Å². The number of para-hydroxylation sites is 1. The van der Waals surface area contributed by atoms with Crippen molar-refractivity contribution in [2.45, 2.75) is 17.9 Å². The predicted molar refractivity (Wildman–Crippen MR) is 98.1 cm³/mol. The highest BCUT2D eigenvalue weighted by atomic mass is 32.2. The molecule has 1 aliphatic rings. The number of benzene rings is 2. The molecule has 2 aromatic carbocycles. The average Bonchev–Trinajstić information content (AvgIpc) is 2.95. The molecule has 1 heterocycles. The summed E-state index contributed by atoms with van der Waals surface area (Å²) in [6.45, 7) is 1.68. The number of carbonyl (C=O) groups excluding carboxylic acids is 1. The Morgan fingerprint density at radius 2 is 1.78 bits per heavy atom. The summed E-state index contributed by atoms with van der Waals surface area (Å²) in [6, 6.07) is 13.4. The Morgan fingerprint density at radius 3 is 2.41 bits per heavy atom. The van der Waals surface area contributed by atoms with Crippen LogP contribution >= 0.6 is 0 Å². The first-order valence-electron chi connectivity index (χ1n) is 7.69. The highest BCUT2D eigenvalue weighted by molar-refractivity contribution is 7.90. The van der Waals surface area contributed by atoms with Crippen LogP contribution in [0.15, 0.2) is 79.3 Å². The van der Waals surface area contributed by atoms with Crippen LogP contribution in [0, 0.1) is 0 Å². The van der Waals surface area contributed by atoms with Gasteiger partial charge in [0.1, 0.15) is 0 Å². The van der Waals surface area contributed by atoms with E-state index in [1.54, 1.807) is 31.2 Å². The fourth-order valence-corrected chi connectivity index (χ4v) is 3.02. The van der Waals surface area contributed by atoms with E-state index in [1.165, 1.54) is 29.3 Å². The van der Waals surface area contributed by atoms with Crippen molar-refractivity contribution in [2.75, 3.05) is 5.01 Å². The first-order chi connectivity index (χ1) is 12.9. The number of hydrogen-bond acceptors (Lipinski definition) is 6. The number of azide groups is 1. The molecule has 3 rings (SSSR count). The molecule has 11 heteroatoms. The lowest BCUT2D eigenvalue weighted by Crippen LogP contribution is -2.29. The molecular weight excluding hydrogens is 370 g/mol. The van der Waals surface area contributed by atoms with Crippen molar-refractivity contribution >= 4 is 33.0 Å². The number of amides is 1. The summed E-state index contributed by atoms with van der Waals surface area (Å²) in [5.74, 6) is -0.329. The van der Waals surface area contributed by atoms with Crippen LogP contribution in [0.3, 0.4) is 0 Å². The Kier molecular flexibility index (Phi) is 4.97. The van der Waals surface area contributed by atoms with Crippen molar-refractivity contribution in [3.63, 3.8) is 0 Å². The standard InChI is InChI=1S/C16H13N7O3S/c1-11-15(16(24)23(20-11)13-5-3-2-4-6-13)19-18-12-7-9-14(10-8-12)27(25,26)22-21-17/h2-10,15H,1H3. The molecule has 1 unspecified atom stereocenters. The number of sulfonamides is 1. The number of anilines is 1. The Hall–Kier alpha value is -3.56. The van der Waals surface area contributed by atoms with Gasteiger partial charge in [0.05, 0.1) is 22.0 Å². The van der Waals surface area contributed by atoms with E-state index in [1.807, 2.05) is 6.07 Å². The number of carbonyl (C=O) groups is 1. The summed E-state index contributed by atoms with van der Waals surface area (Å²) in [6.07, 6.45) is 0. The van der Waals surface area contributed by atoms with Gasteiger partial charge >= 0.3 is 0 Å². The van der Waals surface area contributed by atoms with E-state index >= 15 is 0 Å². The highest BCUT2D eigenvalue weighted by Crippen LogP contribution is 2.24. The first kappa shape index (κ1) is 18.2. The summed E-state index contributed by atoms with van der Waals surface area (Å²) in [4.78, 5) is 14.6. The molecule has 1 aliphatic heterocycles. The van der Waals surface area contributed by atoms with Crippen LogP contribution in [0.25, 0.3) is 10.4 Å². The number of nitrogens with zero attached hydrogens (tertiary/aromatic N) is 7. The molecule has 2 aromatic rings. The van der Waals surface area contributed by atoms with Gasteiger partial charge in [-0.25, -0.2) is 8.42 Å². The summed E-state index contributed by atoms with van der Waals surface area (Å²) >= 11 is 0. The molecular formula is C16H13N7O3S. The normalized spacial score (nSPS) is 17.1. The van der Waals surface area contributed by atoms with Gasteiger partial charge in [-0.3, -0.25) is 4.79 Å². The maximum absolute atomic E-state index is 12.5. The van der Waals surface area contributed by atoms with E-state index in [0.29, 0.717) is 17.1 Å². The second kappa shape index (κ2) is 7.36. The summed E-state index contributed by atoms with van der Waals surface area (Å²) < 4.78 is 26.0. The predicted octanol–water partition coefficient (Wildman–Crippen LogP) is 3.56. The van der Waals surface area contributed by atoms with Gasteiger partial charge in [-0.05, 0) is 48.9 Å². The number of rotatable bonds is 5. The van der Waals surface area contributed by atoms with Crippen molar-refractivity contribution in [1.82, 2.24) is 0 Å². The van der Waals surface area contributed by atoms with Gasteiger partial charge in [0.2, 0.25) is 0 Å². The van der Waals surface area contributed by atoms with Crippen LogP contribution in [-0.2, 0) is 14.8 Å². The largest absolute Gasteiger partial charge is 0.280 e. The molecule has 0 aromatic heterocycles. The van der Waals surface area contributed by atoms with Crippen molar-refractivity contribution in [3.8, 4) is 0 Å². The van der Waals surface area contributed by atoms with Gasteiger partial charge in [-0.15, -0.1) is 0 Å². The Morgan fingerprint density at radius 1 is 1.11 bits per heavy atom. The zero-order valence-corrected chi connectivity index (χ0v) is 14.9. The fraction of sp³-hybridized carbons (Fsp3) is 0.125. The van der Waals surface area contributed by atoms with Crippen LogP contribution in [0.4, 0.5) is 11.4 Å². The van der Waals surface area contributed by atoms with Crippen LogP contribution in [0.1, 0.15) is 6.92 Å². The van der Waals surface area contributed by atoms with Gasteiger partial charge in [0, 0.05) is 9.43 Å². The lowest BCUT2D eigenvalue weighted by Gasteiger charge is -2.11. The summed E-state index contributed by atoms with van der Waals surface area (Å²) in [5.41, 5.74) is 9.74. The molecule has 0 spiro atoms. The van der Waals surface area contributed by atoms with Gasteiger partial charge in [0.25, 0.3) is 15.9 Å². The molecule has 10 nitrogen and oxygen atoms in total. The third kappa shape index (κ3) is 3.84. The minimum Gasteiger partial charge on any atom is -0.269 e. The number of hydrogen-bond donors (Lipinski definition) is 0. The van der Waals surface area contributed by atoms with Gasteiger partial charge in [-0.2, -0.15) is 20.3 Å². The fourth-order valence-electron chi connectivity index (χ4n) is 2.35. The Balaban J connectivity index is 1.78. The van der Waals surface area contributed by atoms with Crippen LogP contribution in [-0.4, -0.2) is 26.1 Å². The average molecular weight is 383 g/mol. The van der Waals surface area contributed by atoms with Gasteiger partial charge < -0.3 is 0 Å². The third-order valence-electron chi connectivity index (χ3n) is 3.66. The van der Waals surface area contributed by atoms with Crippen molar-refractivity contribution < 1.29 is 13.2 Å². The van der Waals surface area contributed by atoms with Crippen molar-refractivity contribution in [1.29, 1.82) is 0 Å². The molecule has 1 atom stereocenters. The van der Waals surface area contributed by atoms with E-state index in [2.05, 4.69) is 24.8 Å². The number of hydrazone groups is 1. The molecule has 27 heavy (non-hydrogen) atoms. The molecule has 0 fully saturated rings. The van der Waals surface area contributed by atoms with E-state index < -0.39 is 16.1 Å². The van der Waals surface area contributed by atoms with Crippen molar-refractivity contribution in [2.24, 2.45) is 19.8 Å². The third-order valence-corrected chi connectivity index (χ3v) is 4.82. The van der Waals surface area contributed by atoms with Crippen LogP contribution in [0.5, 0.6) is 0 Å². The quantitative estimate of drug-likeness (QED) is 0.443. The first-order valence-corrected chi connectivity index (χ1v) is 9.13. The lowest BCUT2D eigenvalue weighted by molar-refractivity contribution is -0.117. The van der Waals surface area contributed by atoms with Crippen LogP contribution < -0.4 is 5.01 Å². The van der Waals surface area contributed by atoms with E-state index in [4.69, 9.17) is 5.53 Å². The molecule has 1 amide bonds. The lowest BCUT2D eigenvalue weighted by atomic mass is 10.2. The van der Waals surface area contributed by atoms with Crippen molar-refractivity contribution in [3.05, 3.63) is 65.0 Å². The maximum atomic E-state index is 12.5. The molecule has 0 radical (unpaired) electrons. The molecule has 0 bridgehead atoms. The summed E-state index contributed by atoms with van der Waals surface area (Å²) in [7, 11) is -4.06. The molecule has 0 N–H and O–H groups in total. The van der Waals surface area contributed by atoms with E-state index in [-0.39, 0.29) is 10.8 Å². The SMILES string of the molecule is CC1=NN(c2ccccc2)C(=O)C1N=Nc1ccc(S(=O)(=O)N=[N+]=[N-])cc1. The maximum Gasteiger partial charge on any atom is 0.280 e. The highest BCUT2D eigenvalue weighted by Gasteiger charge is 2.34. The second-order valence-corrected chi connectivity index (χ2v) is 7.07. The minimum atomic E-state index is -4.06. The van der Waals surface area contributed by atoms with Gasteiger partial charge in [-0.1, -0.05) is 18.2 Å². The second-order valence-electron chi connectivity index (χ2n) is 5.49. The zero-order chi connectivity index (χ0) is 19.4.